The van der Waals surface area contributed by atoms with E-state index >= 15 is 0 Å². The van der Waals surface area contributed by atoms with Gasteiger partial charge in [0.25, 0.3) is 0 Å². The molecular formula is C20H26O. The Kier molecular flexibility index (Phi) is 7.45. The monoisotopic (exact) mass is 282 g/mol. The van der Waals surface area contributed by atoms with E-state index in [9.17, 15) is 4.79 Å². The molecule has 0 radical (unpaired) electrons. The number of benzene rings is 1. The van der Waals surface area contributed by atoms with Crippen LogP contribution in [0.3, 0.4) is 0 Å². The quantitative estimate of drug-likeness (QED) is 0.369. The van der Waals surface area contributed by atoms with Crippen LogP contribution in [-0.2, 0) is 4.79 Å². The summed E-state index contributed by atoms with van der Waals surface area (Å²) in [5, 5.41) is 0. The third-order valence-electron chi connectivity index (χ3n) is 3.36. The van der Waals surface area contributed by atoms with Gasteiger partial charge in [-0.05, 0) is 43.2 Å². The molecule has 0 aliphatic rings. The minimum atomic E-state index is 0.423. The van der Waals surface area contributed by atoms with Gasteiger partial charge in [0.15, 0.2) is 0 Å². The number of aldehydes is 1. The van der Waals surface area contributed by atoms with Crippen LogP contribution in [0.4, 0.5) is 0 Å². The smallest absolute Gasteiger partial charge is 0.145 e. The summed E-state index contributed by atoms with van der Waals surface area (Å²) in [6.45, 7) is 8.37. The second-order valence-corrected chi connectivity index (χ2v) is 5.87. The zero-order valence-corrected chi connectivity index (χ0v) is 13.5. The first-order chi connectivity index (χ1) is 10.0. The van der Waals surface area contributed by atoms with Crippen LogP contribution in [0, 0.1) is 11.8 Å². The summed E-state index contributed by atoms with van der Waals surface area (Å²) in [4.78, 5) is 10.6. The van der Waals surface area contributed by atoms with Crippen molar-refractivity contribution in [1.82, 2.24) is 0 Å². The van der Waals surface area contributed by atoms with Crippen molar-refractivity contribution in [2.24, 2.45) is 11.8 Å². The molecule has 112 valence electrons. The SMILES string of the molecule is C/C(C=O)=C/[C@H](C)C[C@@H](C)/C=C(C)/C=C/c1ccccc1. The molecule has 21 heavy (non-hydrogen) atoms. The van der Waals surface area contributed by atoms with Gasteiger partial charge in [0.2, 0.25) is 0 Å². The van der Waals surface area contributed by atoms with Gasteiger partial charge in [0.1, 0.15) is 6.29 Å². The van der Waals surface area contributed by atoms with Crippen molar-refractivity contribution in [2.45, 2.75) is 34.1 Å². The lowest BCUT2D eigenvalue weighted by molar-refractivity contribution is -0.104. The van der Waals surface area contributed by atoms with Crippen molar-refractivity contribution in [2.75, 3.05) is 0 Å². The van der Waals surface area contributed by atoms with Gasteiger partial charge in [-0.3, -0.25) is 4.79 Å². The fourth-order valence-electron chi connectivity index (χ4n) is 2.51. The van der Waals surface area contributed by atoms with Crippen molar-refractivity contribution in [3.63, 3.8) is 0 Å². The summed E-state index contributed by atoms with van der Waals surface area (Å²) in [5.74, 6) is 0.920. The Hall–Kier alpha value is -1.89. The standard InChI is InChI=1S/C20H26O/c1-16(10-11-20-8-6-5-7-9-20)12-17(2)13-18(3)14-19(4)15-21/h5-12,14-15,17-18H,13H2,1-4H3/b11-10+,16-12+,19-14-/t17-,18+/m0/s1. The number of carbonyl (C=O) groups excluding carboxylic acids is 1. The molecule has 1 rings (SSSR count). The predicted molar refractivity (Wildman–Crippen MR) is 92.0 cm³/mol. The number of hydrogen-bond acceptors (Lipinski definition) is 1. The lowest BCUT2D eigenvalue weighted by Crippen LogP contribution is -2.00. The highest BCUT2D eigenvalue weighted by Gasteiger charge is 2.04. The highest BCUT2D eigenvalue weighted by molar-refractivity contribution is 5.72. The van der Waals surface area contributed by atoms with E-state index < -0.39 is 0 Å². The molecule has 0 bridgehead atoms. The molecule has 0 aromatic heterocycles. The Bertz CT molecular complexity index is 520. The predicted octanol–water partition coefficient (Wildman–Crippen LogP) is 5.45. The van der Waals surface area contributed by atoms with Crippen molar-refractivity contribution in [3.05, 3.63) is 65.3 Å². The Labute approximate surface area is 129 Å². The van der Waals surface area contributed by atoms with Gasteiger partial charge in [-0.1, -0.05) is 74.1 Å². The largest absolute Gasteiger partial charge is 0.298 e. The fourth-order valence-corrected chi connectivity index (χ4v) is 2.51. The maximum atomic E-state index is 10.6. The molecule has 0 amide bonds. The van der Waals surface area contributed by atoms with Crippen LogP contribution >= 0.6 is 0 Å². The van der Waals surface area contributed by atoms with Crippen LogP contribution in [0.25, 0.3) is 6.08 Å². The van der Waals surface area contributed by atoms with Crippen molar-refractivity contribution in [3.8, 4) is 0 Å². The lowest BCUT2D eigenvalue weighted by atomic mass is 9.94. The summed E-state index contributed by atoms with van der Waals surface area (Å²) in [7, 11) is 0. The first-order valence-electron chi connectivity index (χ1n) is 7.56. The van der Waals surface area contributed by atoms with Crippen LogP contribution < -0.4 is 0 Å². The Morgan fingerprint density at radius 3 is 2.14 bits per heavy atom. The molecule has 1 aromatic rings. The first kappa shape index (κ1) is 17.2. The van der Waals surface area contributed by atoms with E-state index in [1.807, 2.05) is 31.2 Å². The van der Waals surface area contributed by atoms with E-state index in [1.165, 1.54) is 11.1 Å². The Balaban J connectivity index is 2.57. The van der Waals surface area contributed by atoms with Crippen molar-refractivity contribution in [1.29, 1.82) is 0 Å². The average molecular weight is 282 g/mol. The van der Waals surface area contributed by atoms with Gasteiger partial charge in [-0.2, -0.15) is 0 Å². The molecule has 0 unspecified atom stereocenters. The van der Waals surface area contributed by atoms with Gasteiger partial charge in [0, 0.05) is 0 Å². The first-order valence-corrected chi connectivity index (χ1v) is 7.56. The van der Waals surface area contributed by atoms with Crippen LogP contribution in [0.2, 0.25) is 0 Å². The van der Waals surface area contributed by atoms with Crippen molar-refractivity contribution < 1.29 is 4.79 Å². The maximum absolute atomic E-state index is 10.6. The van der Waals surface area contributed by atoms with E-state index in [2.05, 4.69) is 51.1 Å². The third kappa shape index (κ3) is 7.45. The van der Waals surface area contributed by atoms with Gasteiger partial charge in [0.05, 0.1) is 0 Å². The normalized spacial score (nSPS) is 16.0. The second-order valence-electron chi connectivity index (χ2n) is 5.87. The molecule has 0 aliphatic carbocycles. The van der Waals surface area contributed by atoms with E-state index in [0.717, 1.165) is 18.3 Å². The number of allylic oxidation sites excluding steroid dienone is 5. The summed E-state index contributed by atoms with van der Waals surface area (Å²) in [6.07, 6.45) is 10.6. The van der Waals surface area contributed by atoms with Crippen LogP contribution in [-0.4, -0.2) is 6.29 Å². The van der Waals surface area contributed by atoms with Gasteiger partial charge < -0.3 is 0 Å². The topological polar surface area (TPSA) is 17.1 Å². The lowest BCUT2D eigenvalue weighted by Gasteiger charge is -2.12. The van der Waals surface area contributed by atoms with Crippen LogP contribution in [0.15, 0.2) is 59.7 Å². The van der Waals surface area contributed by atoms with Crippen LogP contribution in [0.1, 0.15) is 39.7 Å². The Morgan fingerprint density at radius 1 is 1.00 bits per heavy atom. The van der Waals surface area contributed by atoms with Crippen LogP contribution in [0.5, 0.6) is 0 Å². The molecule has 1 heteroatoms. The maximum Gasteiger partial charge on any atom is 0.145 e. The molecule has 0 aliphatic heterocycles. The highest BCUT2D eigenvalue weighted by atomic mass is 16.1. The Morgan fingerprint density at radius 2 is 1.57 bits per heavy atom. The van der Waals surface area contributed by atoms with E-state index in [-0.39, 0.29) is 0 Å². The van der Waals surface area contributed by atoms with E-state index in [0.29, 0.717) is 11.8 Å². The molecule has 0 spiro atoms. The summed E-state index contributed by atoms with van der Waals surface area (Å²) in [6, 6.07) is 10.3. The molecule has 0 fully saturated rings. The second kappa shape index (κ2) is 9.12. The van der Waals surface area contributed by atoms with Crippen molar-refractivity contribution >= 4 is 12.4 Å². The number of hydrogen-bond donors (Lipinski definition) is 0. The minimum Gasteiger partial charge on any atom is -0.298 e. The number of rotatable bonds is 7. The summed E-state index contributed by atoms with van der Waals surface area (Å²) >= 11 is 0. The molecule has 1 aromatic carbocycles. The molecule has 0 saturated carbocycles. The average Bonchev–Trinajstić information content (AvgIpc) is 2.45. The fraction of sp³-hybridized carbons (Fsp3) is 0.350. The summed E-state index contributed by atoms with van der Waals surface area (Å²) in [5.41, 5.74) is 3.31. The molecular weight excluding hydrogens is 256 g/mol. The zero-order chi connectivity index (χ0) is 15.7. The summed E-state index contributed by atoms with van der Waals surface area (Å²) < 4.78 is 0. The molecule has 0 heterocycles. The van der Waals surface area contributed by atoms with Gasteiger partial charge in [-0.25, -0.2) is 0 Å². The number of carbonyl (C=O) groups is 1. The molecule has 0 saturated heterocycles. The minimum absolute atomic E-state index is 0.423. The van der Waals surface area contributed by atoms with E-state index in [4.69, 9.17) is 0 Å². The highest BCUT2D eigenvalue weighted by Crippen LogP contribution is 2.17. The molecule has 1 nitrogen and oxygen atoms in total. The molecule has 0 N–H and O–H groups in total. The van der Waals surface area contributed by atoms with E-state index in [1.54, 1.807) is 0 Å². The van der Waals surface area contributed by atoms with Gasteiger partial charge in [-0.15, -0.1) is 0 Å². The molecule has 2 atom stereocenters. The zero-order valence-electron chi connectivity index (χ0n) is 13.5. The third-order valence-corrected chi connectivity index (χ3v) is 3.36. The van der Waals surface area contributed by atoms with Gasteiger partial charge >= 0.3 is 0 Å².